The molecule has 2 saturated heterocycles. The van der Waals surface area contributed by atoms with Gasteiger partial charge in [-0.1, -0.05) is 80.2 Å². The summed E-state index contributed by atoms with van der Waals surface area (Å²) in [6.07, 6.45) is -0.0253. The average molecular weight is 1440 g/mol. The average Bonchev–Trinajstić information content (AvgIpc) is 1.59. The van der Waals surface area contributed by atoms with E-state index in [9.17, 15) is 27.6 Å². The number of rotatable bonds is 14. The minimum absolute atomic E-state index is 0. The number of ether oxygens (including phenoxy) is 5. The summed E-state index contributed by atoms with van der Waals surface area (Å²) in [4.78, 5) is 62.8. The molecule has 6 aromatic rings. The molecular weight excluding hydrogens is 1360 g/mol. The number of hydrogen-bond acceptors (Lipinski definition) is 14. The number of fused-ring (bicyclic) bond motifs is 4. The zero-order valence-electron chi connectivity index (χ0n) is 51.3. The van der Waals surface area contributed by atoms with E-state index in [2.05, 4.69) is 97.0 Å². The number of para-hydroxylation sites is 2. The standard InChI is InChI=1S/C35H41N3O5.C30H33N3O3.C2HF3O2.CH4.2BrH.FH.Zn/c1-5-41-32(39)35-16-18-37(22-27(35)20-35)31-12-8-10-29(36-31)28-9-6-7-11-30(28)42-23-24-13-14-26-21-38(17-15-25(26)19-24)33(40)43-34(2,3)4;1-2-35-29(34)30-13-15-33(19-24(30)17-30)28-9-5-7-26(32-28)25-6-3-4-8-27(25)36-20-21-10-11-23-18-31-14-12-22(23)16-21;3-2(4,5)1(6)7;;;;;/h6-14,19,27H,5,15-18,20-23H2,1-4H3;3-11,16,24,31H,2,12-15,17-20H2,1H3;(H,6,7);1H4;3*1H;/q;;;;;;;+2/p-3/t27-,35+;24-,30+;;;;;;/m00....../s1. The number of esters is 2. The van der Waals surface area contributed by atoms with Crippen molar-refractivity contribution in [1.29, 1.82) is 0 Å². The molecule has 91 heavy (non-hydrogen) atoms. The summed E-state index contributed by atoms with van der Waals surface area (Å²) >= 11 is 6.25. The summed E-state index contributed by atoms with van der Waals surface area (Å²) in [7, 11) is 0. The largest absolute Gasteiger partial charge is 1.00 e. The van der Waals surface area contributed by atoms with Crippen molar-refractivity contribution >= 4 is 62.9 Å². The molecule has 6 aliphatic rings. The van der Waals surface area contributed by atoms with Gasteiger partial charge in [0.1, 0.15) is 41.9 Å². The van der Waals surface area contributed by atoms with Crippen molar-refractivity contribution in [2.45, 2.75) is 119 Å². The number of piperidine rings is 2. The molecule has 486 valence electrons. The number of alkyl halides is 3. The van der Waals surface area contributed by atoms with E-state index < -0.39 is 17.7 Å². The third kappa shape index (κ3) is 18.1. The van der Waals surface area contributed by atoms with Gasteiger partial charge in [0.15, 0.2) is 0 Å². The zero-order valence-corrected chi connectivity index (χ0v) is 57.4. The molecule has 0 spiro atoms. The quantitative estimate of drug-likeness (QED) is 0.0454. The minimum atomic E-state index is -5.08. The SMILES string of the molecule is C.CCOC(=O)[C@@]12CCN(c3cccc(-c4ccccc4OCc4ccc5c(c4)CCN(C(=O)OC(C)(C)C)C5)n3)C[C@@H]1C2.CCOC(=O)[C@@]12CCN(c3cccc(-c4ccccc4OCc4ccc5c(c4)CCNC5)n3)C[C@@H]1C2.O=C(O)C(F)(F)F.[Br][Zn][Br].[F-]. The second kappa shape index (κ2) is 31.8. The van der Waals surface area contributed by atoms with Gasteiger partial charge in [-0.15, -0.1) is 0 Å². The van der Waals surface area contributed by atoms with Crippen LogP contribution in [0.3, 0.4) is 0 Å². The van der Waals surface area contributed by atoms with Gasteiger partial charge in [-0.05, 0) is 173 Å². The van der Waals surface area contributed by atoms with Crippen LogP contribution in [-0.4, -0.2) is 108 Å². The van der Waals surface area contributed by atoms with E-state index in [4.69, 9.17) is 43.6 Å². The first-order chi connectivity index (χ1) is 42.7. The van der Waals surface area contributed by atoms with Gasteiger partial charge in [0, 0.05) is 56.9 Å². The van der Waals surface area contributed by atoms with Crippen LogP contribution < -0.4 is 29.3 Å². The molecular formula is C68H79Br2F4N6O10Zn-. The molecule has 4 aromatic carbocycles. The molecule has 6 heterocycles. The van der Waals surface area contributed by atoms with Crippen LogP contribution >= 0.6 is 27.2 Å². The number of hydrogen-bond donors (Lipinski definition) is 2. The van der Waals surface area contributed by atoms with Crippen molar-refractivity contribution < 1.29 is 79.1 Å². The van der Waals surface area contributed by atoms with Gasteiger partial charge < -0.3 is 53.5 Å². The Balaban J connectivity index is 0.000000223. The number of nitrogens with zero attached hydrogens (tertiary/aromatic N) is 5. The Hall–Kier alpha value is -6.68. The molecule has 2 aliphatic carbocycles. The number of nitrogens with one attached hydrogen (secondary N) is 1. The Bertz CT molecular complexity index is 3490. The molecule has 4 aliphatic heterocycles. The summed E-state index contributed by atoms with van der Waals surface area (Å²) in [6, 6.07) is 41.4. The van der Waals surface area contributed by atoms with Crippen molar-refractivity contribution in [3.63, 3.8) is 0 Å². The van der Waals surface area contributed by atoms with E-state index in [1.807, 2.05) is 101 Å². The Labute approximate surface area is 551 Å². The number of amides is 1. The first-order valence-corrected chi connectivity index (χ1v) is 44.1. The predicted octanol–water partition coefficient (Wildman–Crippen LogP) is 11.1. The Kier molecular flexibility index (Phi) is 25.1. The monoisotopic (exact) mass is 1440 g/mol. The number of halogens is 6. The van der Waals surface area contributed by atoms with E-state index in [1.54, 1.807) is 4.90 Å². The van der Waals surface area contributed by atoms with Crippen molar-refractivity contribution in [2.75, 3.05) is 62.3 Å². The summed E-state index contributed by atoms with van der Waals surface area (Å²) in [5.74, 6) is 1.38. The first-order valence-electron chi connectivity index (χ1n) is 30.2. The van der Waals surface area contributed by atoms with E-state index >= 15 is 0 Å². The molecule has 16 nitrogen and oxygen atoms in total. The number of pyridine rings is 2. The number of carboxylic acid groups (broad SMARTS) is 1. The molecule has 1 amide bonds. The fraction of sp³-hybridized carbons (Fsp3) is 0.441. The molecule has 2 aromatic heterocycles. The number of carboxylic acids is 1. The van der Waals surface area contributed by atoms with Crippen LogP contribution in [0.1, 0.15) is 101 Å². The van der Waals surface area contributed by atoms with Gasteiger partial charge in [-0.3, -0.25) is 9.59 Å². The second-order valence-corrected chi connectivity index (χ2v) is 38.0. The van der Waals surface area contributed by atoms with E-state index in [0.717, 1.165) is 135 Å². The van der Waals surface area contributed by atoms with Crippen LogP contribution in [0, 0.1) is 22.7 Å². The molecule has 2 N–H and O–H groups in total. The third-order valence-electron chi connectivity index (χ3n) is 16.9. The van der Waals surface area contributed by atoms with Crippen molar-refractivity contribution in [3.05, 3.63) is 155 Å². The Morgan fingerprint density at radius 2 is 1.12 bits per heavy atom. The fourth-order valence-electron chi connectivity index (χ4n) is 12.1. The Morgan fingerprint density at radius 3 is 1.57 bits per heavy atom. The number of anilines is 2. The van der Waals surface area contributed by atoms with Gasteiger partial charge in [-0.25, -0.2) is 19.6 Å². The fourth-order valence-corrected chi connectivity index (χ4v) is 12.1. The molecule has 4 fully saturated rings. The maximum Gasteiger partial charge on any atom is -1.00 e. The van der Waals surface area contributed by atoms with Crippen LogP contribution in [-0.2, 0) is 80.9 Å². The number of carbonyl (C=O) groups is 4. The van der Waals surface area contributed by atoms with Gasteiger partial charge in [-0.2, -0.15) is 13.2 Å². The van der Waals surface area contributed by atoms with Gasteiger partial charge in [0.25, 0.3) is 0 Å². The molecule has 0 unspecified atom stereocenters. The summed E-state index contributed by atoms with van der Waals surface area (Å²) in [6.45, 7) is 17.7. The molecule has 0 bridgehead atoms. The first kappa shape index (κ1) is 71.8. The number of aromatic nitrogens is 2. The van der Waals surface area contributed by atoms with Gasteiger partial charge in [0.2, 0.25) is 0 Å². The van der Waals surface area contributed by atoms with Crippen LogP contribution in [0.2, 0.25) is 0 Å². The van der Waals surface area contributed by atoms with E-state index in [1.165, 1.54) is 22.3 Å². The normalized spacial score (nSPS) is 19.7. The number of benzene rings is 4. The Morgan fingerprint density at radius 1 is 0.659 bits per heavy atom. The zero-order chi connectivity index (χ0) is 63.5. The number of carbonyl (C=O) groups excluding carboxylic acids is 3. The van der Waals surface area contributed by atoms with Gasteiger partial charge >= 0.3 is 70.6 Å². The van der Waals surface area contributed by atoms with Crippen molar-refractivity contribution in [1.82, 2.24) is 20.2 Å². The molecule has 0 radical (unpaired) electrons. The van der Waals surface area contributed by atoms with Crippen molar-refractivity contribution in [2.24, 2.45) is 22.7 Å². The van der Waals surface area contributed by atoms with Crippen LogP contribution in [0.15, 0.2) is 121 Å². The van der Waals surface area contributed by atoms with Crippen LogP contribution in [0.25, 0.3) is 22.5 Å². The second-order valence-electron chi connectivity index (χ2n) is 24.0. The minimum Gasteiger partial charge on any atom is -1.00 e. The topological polar surface area (TPSA) is 182 Å². The summed E-state index contributed by atoms with van der Waals surface area (Å²) < 4.78 is 60.7. The van der Waals surface area contributed by atoms with Crippen LogP contribution in [0.4, 0.5) is 29.6 Å². The summed E-state index contributed by atoms with van der Waals surface area (Å²) in [5.41, 5.74) is 10.1. The maximum absolute atomic E-state index is 12.5. The molecule has 23 heteroatoms. The molecule has 4 atom stereocenters. The predicted molar refractivity (Wildman–Crippen MR) is 343 cm³/mol. The third-order valence-corrected chi connectivity index (χ3v) is 16.9. The van der Waals surface area contributed by atoms with Crippen LogP contribution in [0.5, 0.6) is 11.5 Å². The molecule has 12 rings (SSSR count). The smallest absolute Gasteiger partial charge is 1.00 e. The van der Waals surface area contributed by atoms with E-state index in [-0.39, 0.29) is 54.2 Å². The molecule has 2 saturated carbocycles. The summed E-state index contributed by atoms with van der Waals surface area (Å²) in [5, 5.41) is 10.6. The number of aliphatic carboxylic acids is 1. The van der Waals surface area contributed by atoms with Gasteiger partial charge in [0.05, 0.1) is 35.4 Å². The van der Waals surface area contributed by atoms with Crippen molar-refractivity contribution in [3.8, 4) is 34.0 Å². The maximum atomic E-state index is 12.5. The van der Waals surface area contributed by atoms with E-state index in [0.29, 0.717) is 51.4 Å².